The second kappa shape index (κ2) is 6.70. The van der Waals surface area contributed by atoms with Crippen molar-refractivity contribution in [1.82, 2.24) is 0 Å². The normalized spacial score (nSPS) is 10.2. The van der Waals surface area contributed by atoms with E-state index < -0.39 is 5.97 Å². The molecule has 1 rings (SSSR count). The zero-order valence-electron chi connectivity index (χ0n) is 8.20. The molecular formula is C10H5Br4ClO2. The van der Waals surface area contributed by atoms with Gasteiger partial charge >= 0.3 is 5.97 Å². The monoisotopic (exact) mass is 508 g/mol. The Kier molecular flexibility index (Phi) is 6.19. The molecular weight excluding hydrogens is 507 g/mol. The number of halogens is 5. The largest absolute Gasteiger partial charge is 0.458 e. The van der Waals surface area contributed by atoms with Crippen molar-refractivity contribution in [1.29, 1.82) is 0 Å². The molecule has 17 heavy (non-hydrogen) atoms. The molecule has 0 spiro atoms. The highest BCUT2D eigenvalue weighted by atomic mass is 79.9. The van der Waals surface area contributed by atoms with E-state index in [4.69, 9.17) is 16.3 Å². The summed E-state index contributed by atoms with van der Waals surface area (Å²) in [5, 5.41) is 0.476. The van der Waals surface area contributed by atoms with Crippen molar-refractivity contribution in [3.8, 4) is 0 Å². The van der Waals surface area contributed by atoms with E-state index in [0.717, 1.165) is 19.5 Å². The summed E-state index contributed by atoms with van der Waals surface area (Å²) in [5.41, 5.74) is 0.670. The Morgan fingerprint density at radius 3 is 2.24 bits per heavy atom. The molecule has 0 saturated heterocycles. The van der Waals surface area contributed by atoms with Crippen LogP contribution in [0, 0.1) is 0 Å². The van der Waals surface area contributed by atoms with Crippen LogP contribution in [0.4, 0.5) is 0 Å². The van der Waals surface area contributed by atoms with Gasteiger partial charge in [-0.2, -0.15) is 0 Å². The first-order chi connectivity index (χ1) is 7.90. The molecule has 2 nitrogen and oxygen atoms in total. The SMILES string of the molecule is C=CC(=O)OCc1c(Cl)c(Br)c(Br)c(Br)c1Br. The number of hydrogen-bond donors (Lipinski definition) is 0. The summed E-state index contributed by atoms with van der Waals surface area (Å²) < 4.78 is 7.96. The van der Waals surface area contributed by atoms with Crippen LogP contribution in [0.3, 0.4) is 0 Å². The van der Waals surface area contributed by atoms with E-state index in [1.54, 1.807) is 0 Å². The molecule has 0 unspecified atom stereocenters. The topological polar surface area (TPSA) is 26.3 Å². The fourth-order valence-corrected chi connectivity index (χ4v) is 3.77. The molecule has 0 saturated carbocycles. The maximum Gasteiger partial charge on any atom is 0.330 e. The van der Waals surface area contributed by atoms with E-state index in [2.05, 4.69) is 70.3 Å². The van der Waals surface area contributed by atoms with E-state index in [1.807, 2.05) is 0 Å². The molecule has 1 aromatic carbocycles. The van der Waals surface area contributed by atoms with Crippen molar-refractivity contribution in [3.63, 3.8) is 0 Å². The van der Waals surface area contributed by atoms with Gasteiger partial charge in [0, 0.05) is 25.1 Å². The lowest BCUT2D eigenvalue weighted by atomic mass is 10.2. The highest BCUT2D eigenvalue weighted by molar-refractivity contribution is 9.15. The van der Waals surface area contributed by atoms with Crippen LogP contribution in [-0.2, 0) is 16.1 Å². The fourth-order valence-electron chi connectivity index (χ4n) is 0.979. The Morgan fingerprint density at radius 1 is 1.18 bits per heavy atom. The van der Waals surface area contributed by atoms with Gasteiger partial charge < -0.3 is 4.74 Å². The summed E-state index contributed by atoms with van der Waals surface area (Å²) in [6.45, 7) is 3.39. The summed E-state index contributed by atoms with van der Waals surface area (Å²) in [5.74, 6) is -0.497. The molecule has 7 heteroatoms. The van der Waals surface area contributed by atoms with E-state index in [1.165, 1.54) is 0 Å². The third-order valence-corrected chi connectivity index (χ3v) is 7.32. The highest BCUT2D eigenvalue weighted by Gasteiger charge is 2.18. The van der Waals surface area contributed by atoms with Gasteiger partial charge in [0.1, 0.15) is 6.61 Å². The van der Waals surface area contributed by atoms with Gasteiger partial charge in [-0.25, -0.2) is 4.79 Å². The predicted molar refractivity (Wildman–Crippen MR) is 82.2 cm³/mol. The van der Waals surface area contributed by atoms with Crippen LogP contribution in [0.1, 0.15) is 5.56 Å². The van der Waals surface area contributed by atoms with Crippen LogP contribution in [0.2, 0.25) is 5.02 Å². The number of carbonyl (C=O) groups excluding carboxylic acids is 1. The molecule has 0 fully saturated rings. The van der Waals surface area contributed by atoms with Gasteiger partial charge in [0.05, 0.1) is 9.50 Å². The lowest BCUT2D eigenvalue weighted by molar-refractivity contribution is -0.138. The predicted octanol–water partition coefficient (Wildman–Crippen LogP) is 5.62. The third-order valence-electron chi connectivity index (χ3n) is 1.83. The molecule has 0 aromatic heterocycles. The lowest BCUT2D eigenvalue weighted by Crippen LogP contribution is -2.02. The minimum absolute atomic E-state index is 0.0642. The molecule has 92 valence electrons. The van der Waals surface area contributed by atoms with Gasteiger partial charge in [-0.3, -0.25) is 0 Å². The number of esters is 1. The number of hydrogen-bond acceptors (Lipinski definition) is 2. The van der Waals surface area contributed by atoms with Gasteiger partial charge in [-0.05, 0) is 63.7 Å². The van der Waals surface area contributed by atoms with Crippen molar-refractivity contribution < 1.29 is 9.53 Å². The van der Waals surface area contributed by atoms with Crippen LogP contribution in [0.25, 0.3) is 0 Å². The number of benzene rings is 1. The van der Waals surface area contributed by atoms with E-state index in [9.17, 15) is 4.79 Å². The molecule has 0 aliphatic rings. The quantitative estimate of drug-likeness (QED) is 0.228. The van der Waals surface area contributed by atoms with Crippen molar-refractivity contribution in [3.05, 3.63) is 41.1 Å². The first-order valence-electron chi connectivity index (χ1n) is 4.19. The van der Waals surface area contributed by atoms with Crippen molar-refractivity contribution in [2.45, 2.75) is 6.61 Å². The molecule has 0 bridgehead atoms. The standard InChI is InChI=1S/C10H5Br4ClO2/c1-2-5(16)17-3-4-6(11)7(12)8(13)9(14)10(4)15/h2H,1,3H2. The van der Waals surface area contributed by atoms with Crippen molar-refractivity contribution in [2.75, 3.05) is 0 Å². The van der Waals surface area contributed by atoms with Crippen LogP contribution < -0.4 is 0 Å². The molecule has 0 heterocycles. The zero-order valence-corrected chi connectivity index (χ0v) is 15.3. The smallest absolute Gasteiger partial charge is 0.330 e. The summed E-state index contributed by atoms with van der Waals surface area (Å²) >= 11 is 19.7. The molecule has 0 atom stereocenters. The average Bonchev–Trinajstić information content (AvgIpc) is 2.33. The van der Waals surface area contributed by atoms with Crippen LogP contribution in [0.15, 0.2) is 30.5 Å². The van der Waals surface area contributed by atoms with Crippen LogP contribution >= 0.6 is 75.3 Å². The van der Waals surface area contributed by atoms with Gasteiger partial charge in [-0.15, -0.1) is 0 Å². The van der Waals surface area contributed by atoms with Gasteiger partial charge in [0.15, 0.2) is 0 Å². The number of carbonyl (C=O) groups is 1. The van der Waals surface area contributed by atoms with Crippen LogP contribution in [0.5, 0.6) is 0 Å². The van der Waals surface area contributed by atoms with Crippen molar-refractivity contribution >= 4 is 81.3 Å². The molecule has 0 radical (unpaired) electrons. The highest BCUT2D eigenvalue weighted by Crippen LogP contribution is 2.44. The Labute approximate surface area is 137 Å². The average molecular weight is 512 g/mol. The van der Waals surface area contributed by atoms with E-state index >= 15 is 0 Å². The van der Waals surface area contributed by atoms with Crippen LogP contribution in [-0.4, -0.2) is 5.97 Å². The maximum absolute atomic E-state index is 11.0. The Balaban J connectivity index is 3.16. The van der Waals surface area contributed by atoms with E-state index in [0.29, 0.717) is 15.1 Å². The molecule has 0 N–H and O–H groups in total. The van der Waals surface area contributed by atoms with Gasteiger partial charge in [0.2, 0.25) is 0 Å². The molecule has 0 aliphatic heterocycles. The summed E-state index contributed by atoms with van der Waals surface area (Å²) in [7, 11) is 0. The van der Waals surface area contributed by atoms with E-state index in [-0.39, 0.29) is 6.61 Å². The summed E-state index contributed by atoms with van der Waals surface area (Å²) in [4.78, 5) is 11.0. The number of ether oxygens (including phenoxy) is 1. The van der Waals surface area contributed by atoms with Gasteiger partial charge in [-0.1, -0.05) is 18.2 Å². The van der Waals surface area contributed by atoms with Crippen molar-refractivity contribution in [2.24, 2.45) is 0 Å². The molecule has 1 aromatic rings. The molecule has 0 amide bonds. The minimum atomic E-state index is -0.497. The first kappa shape index (κ1) is 15.7. The molecule has 0 aliphatic carbocycles. The second-order valence-electron chi connectivity index (χ2n) is 2.86. The Hall–Kier alpha value is 0.640. The Morgan fingerprint density at radius 2 is 1.71 bits per heavy atom. The zero-order chi connectivity index (χ0) is 13.2. The maximum atomic E-state index is 11.0. The minimum Gasteiger partial charge on any atom is -0.458 e. The number of rotatable bonds is 3. The lowest BCUT2D eigenvalue weighted by Gasteiger charge is -2.13. The first-order valence-corrected chi connectivity index (χ1v) is 7.74. The summed E-state index contributed by atoms with van der Waals surface area (Å²) in [6.07, 6.45) is 1.10. The third kappa shape index (κ3) is 3.56. The second-order valence-corrected chi connectivity index (χ2v) is 6.41. The Bertz CT molecular complexity index is 459. The summed E-state index contributed by atoms with van der Waals surface area (Å²) in [6, 6.07) is 0. The fraction of sp³-hybridized carbons (Fsp3) is 0.100. The van der Waals surface area contributed by atoms with Gasteiger partial charge in [0.25, 0.3) is 0 Å².